The Balaban J connectivity index is 2.08. The summed E-state index contributed by atoms with van der Waals surface area (Å²) < 4.78 is 62.7. The smallest absolute Gasteiger partial charge is 0.260 e. The Morgan fingerprint density at radius 3 is 2.04 bits per heavy atom. The molecule has 0 saturated carbocycles. The third-order valence-corrected chi connectivity index (χ3v) is 6.99. The van der Waals surface area contributed by atoms with Gasteiger partial charge in [0.1, 0.15) is 0 Å². The number of aromatic nitrogens is 1. The Morgan fingerprint density at radius 1 is 0.963 bits per heavy atom. The van der Waals surface area contributed by atoms with Gasteiger partial charge in [-0.1, -0.05) is 24.3 Å². The summed E-state index contributed by atoms with van der Waals surface area (Å²) in [5, 5.41) is -0.422. The van der Waals surface area contributed by atoms with Crippen molar-refractivity contribution < 1.29 is 21.6 Å². The molecule has 0 N–H and O–H groups in total. The lowest BCUT2D eigenvalue weighted by Gasteiger charge is -2.14. The lowest BCUT2D eigenvalue weighted by Crippen LogP contribution is -2.16. The second-order valence-electron chi connectivity index (χ2n) is 7.04. The highest BCUT2D eigenvalue weighted by Gasteiger charge is 2.33. The van der Waals surface area contributed by atoms with Crippen LogP contribution in [0, 0.1) is 13.8 Å². The van der Waals surface area contributed by atoms with Gasteiger partial charge in [0.2, 0.25) is 0 Å². The van der Waals surface area contributed by atoms with E-state index in [2.05, 4.69) is 4.98 Å². The first-order valence-electron chi connectivity index (χ1n) is 8.73. The van der Waals surface area contributed by atoms with Gasteiger partial charge in [-0.15, -0.1) is 0 Å². The van der Waals surface area contributed by atoms with Crippen LogP contribution in [0.25, 0.3) is 0 Å². The van der Waals surface area contributed by atoms with Crippen molar-refractivity contribution >= 4 is 9.84 Å². The summed E-state index contributed by atoms with van der Waals surface area (Å²) in [6, 6.07) is 7.29. The molecule has 0 spiro atoms. The van der Waals surface area contributed by atoms with Gasteiger partial charge in [0.05, 0.1) is 16.6 Å². The zero-order valence-electron chi connectivity index (χ0n) is 15.9. The minimum Gasteiger partial charge on any atom is -0.260 e. The molecule has 7 heteroatoms. The largest absolute Gasteiger partial charge is 0.418 e. The summed E-state index contributed by atoms with van der Waals surface area (Å²) in [7, 11) is -3.15. The van der Waals surface area contributed by atoms with Crippen LogP contribution in [0.5, 0.6) is 0 Å². The van der Waals surface area contributed by atoms with Gasteiger partial charge >= 0.3 is 6.18 Å². The highest BCUT2D eigenvalue weighted by atomic mass is 32.2. The highest BCUT2D eigenvalue weighted by molar-refractivity contribution is 7.91. The van der Waals surface area contributed by atoms with E-state index in [0.717, 1.165) is 17.3 Å². The van der Waals surface area contributed by atoms with Crippen LogP contribution < -0.4 is 0 Å². The van der Waals surface area contributed by atoms with Gasteiger partial charge in [-0.3, -0.25) is 4.98 Å². The Bertz CT molecular complexity index is 902. The van der Waals surface area contributed by atoms with Gasteiger partial charge in [0, 0.05) is 11.9 Å². The third-order valence-electron chi connectivity index (χ3n) is 4.81. The first kappa shape index (κ1) is 21.4. The number of halogens is 3. The van der Waals surface area contributed by atoms with Crippen molar-refractivity contribution in [2.45, 2.75) is 57.7 Å². The van der Waals surface area contributed by atoms with E-state index in [-0.39, 0.29) is 11.3 Å². The predicted octanol–water partition coefficient (Wildman–Crippen LogP) is 4.83. The molecule has 1 aromatic heterocycles. The van der Waals surface area contributed by atoms with Gasteiger partial charge in [-0.2, -0.15) is 13.2 Å². The van der Waals surface area contributed by atoms with E-state index in [1.807, 2.05) is 12.1 Å². The van der Waals surface area contributed by atoms with Gasteiger partial charge in [-0.05, 0) is 62.8 Å². The van der Waals surface area contributed by atoms with Crippen LogP contribution in [-0.2, 0) is 34.6 Å². The van der Waals surface area contributed by atoms with E-state index in [1.54, 1.807) is 32.9 Å². The Kier molecular flexibility index (Phi) is 6.35. The summed E-state index contributed by atoms with van der Waals surface area (Å²) in [4.78, 5) is 4.01. The summed E-state index contributed by atoms with van der Waals surface area (Å²) in [5.74, 6) is 0.00368. The van der Waals surface area contributed by atoms with E-state index in [4.69, 9.17) is 0 Å². The number of sulfone groups is 1. The molecular weight excluding hydrogens is 375 g/mol. The van der Waals surface area contributed by atoms with Gasteiger partial charge in [0.25, 0.3) is 0 Å². The quantitative estimate of drug-likeness (QED) is 0.699. The van der Waals surface area contributed by atoms with Crippen molar-refractivity contribution in [2.75, 3.05) is 0 Å². The number of hydrogen-bond acceptors (Lipinski definition) is 3. The molecular formula is C20H24F3NO2S. The highest BCUT2D eigenvalue weighted by Crippen LogP contribution is 2.33. The number of nitrogens with zero attached hydrogens (tertiary/aromatic N) is 1. The van der Waals surface area contributed by atoms with Crippen LogP contribution in [-0.4, -0.2) is 18.7 Å². The first-order chi connectivity index (χ1) is 12.4. The zero-order valence-corrected chi connectivity index (χ0v) is 16.7. The Labute approximate surface area is 158 Å². The molecule has 0 aliphatic carbocycles. The van der Waals surface area contributed by atoms with Crippen molar-refractivity contribution in [3.63, 3.8) is 0 Å². The minimum absolute atomic E-state index is 0.00368. The van der Waals surface area contributed by atoms with Gasteiger partial charge < -0.3 is 0 Å². The lowest BCUT2D eigenvalue weighted by atomic mass is 9.99. The standard InChI is InChI=1S/C20H24F3NO2S/c1-13(2)27(25,26)12-17-7-5-16(6-8-17)9-10-19-15(4)14(3)18(11-24-19)20(21,22)23/h5-8,11,13H,9-10,12H2,1-4H3. The van der Waals surface area contributed by atoms with Crippen molar-refractivity contribution in [1.82, 2.24) is 4.98 Å². The maximum absolute atomic E-state index is 12.9. The second kappa shape index (κ2) is 8.00. The molecule has 0 bridgehead atoms. The van der Waals surface area contributed by atoms with Crippen LogP contribution in [0.1, 0.15) is 47.4 Å². The van der Waals surface area contributed by atoms with Gasteiger partial charge in [-0.25, -0.2) is 8.42 Å². The molecule has 2 rings (SSSR count). The van der Waals surface area contributed by atoms with Gasteiger partial charge in [0.15, 0.2) is 9.84 Å². The lowest BCUT2D eigenvalue weighted by molar-refractivity contribution is -0.138. The minimum atomic E-state index is -4.40. The Morgan fingerprint density at radius 2 is 1.52 bits per heavy atom. The molecule has 0 aliphatic rings. The van der Waals surface area contributed by atoms with Crippen LogP contribution in [0.2, 0.25) is 0 Å². The van der Waals surface area contributed by atoms with Crippen LogP contribution in [0.3, 0.4) is 0 Å². The number of rotatable bonds is 6. The van der Waals surface area contributed by atoms with E-state index < -0.39 is 26.8 Å². The second-order valence-corrected chi connectivity index (χ2v) is 9.60. The fraction of sp³-hybridized carbons (Fsp3) is 0.450. The number of benzene rings is 1. The first-order valence-corrected chi connectivity index (χ1v) is 10.4. The number of pyridine rings is 1. The average molecular weight is 399 g/mol. The van der Waals surface area contributed by atoms with Crippen LogP contribution in [0.4, 0.5) is 13.2 Å². The molecule has 27 heavy (non-hydrogen) atoms. The van der Waals surface area contributed by atoms with Crippen molar-refractivity contribution in [2.24, 2.45) is 0 Å². The van der Waals surface area contributed by atoms with E-state index in [0.29, 0.717) is 24.1 Å². The van der Waals surface area contributed by atoms with Crippen molar-refractivity contribution in [1.29, 1.82) is 0 Å². The number of aryl methyl sites for hydroxylation is 2. The maximum atomic E-state index is 12.9. The predicted molar refractivity (Wildman–Crippen MR) is 100 cm³/mol. The van der Waals surface area contributed by atoms with E-state index in [9.17, 15) is 21.6 Å². The molecule has 0 amide bonds. The van der Waals surface area contributed by atoms with E-state index in [1.165, 1.54) is 6.92 Å². The molecule has 0 aliphatic heterocycles. The number of alkyl halides is 3. The summed E-state index contributed by atoms with van der Waals surface area (Å²) in [5.41, 5.74) is 2.43. The molecule has 1 heterocycles. The molecule has 0 atom stereocenters. The summed E-state index contributed by atoms with van der Waals surface area (Å²) >= 11 is 0. The SMILES string of the molecule is Cc1c(C(F)(F)F)cnc(CCc2ccc(CS(=O)(=O)C(C)C)cc2)c1C. The van der Waals surface area contributed by atoms with Crippen LogP contribution >= 0.6 is 0 Å². The molecule has 3 nitrogen and oxygen atoms in total. The molecule has 0 unspecified atom stereocenters. The number of hydrogen-bond donors (Lipinski definition) is 0. The van der Waals surface area contributed by atoms with Crippen LogP contribution in [0.15, 0.2) is 30.5 Å². The molecule has 1 aromatic carbocycles. The summed E-state index contributed by atoms with van der Waals surface area (Å²) in [6.07, 6.45) is -2.35. The molecule has 0 radical (unpaired) electrons. The fourth-order valence-electron chi connectivity index (χ4n) is 2.76. The molecule has 2 aromatic rings. The third kappa shape index (κ3) is 5.31. The maximum Gasteiger partial charge on any atom is 0.418 e. The normalized spacial score (nSPS) is 12.6. The Hall–Kier alpha value is -1.89. The van der Waals surface area contributed by atoms with E-state index >= 15 is 0 Å². The molecule has 0 saturated heterocycles. The fourth-order valence-corrected chi connectivity index (χ4v) is 3.75. The topological polar surface area (TPSA) is 47.0 Å². The van der Waals surface area contributed by atoms with Crippen molar-refractivity contribution in [3.05, 3.63) is 64.0 Å². The molecule has 148 valence electrons. The summed E-state index contributed by atoms with van der Waals surface area (Å²) in [6.45, 7) is 6.44. The van der Waals surface area contributed by atoms with Crippen molar-refractivity contribution in [3.8, 4) is 0 Å². The zero-order chi connectivity index (χ0) is 20.4. The monoisotopic (exact) mass is 399 g/mol. The molecule has 0 fully saturated rings. The average Bonchev–Trinajstić information content (AvgIpc) is 2.56.